The summed E-state index contributed by atoms with van der Waals surface area (Å²) in [4.78, 5) is 10.9. The third-order valence-corrected chi connectivity index (χ3v) is 5.27. The van der Waals surface area contributed by atoms with E-state index in [0.29, 0.717) is 12.1 Å². The molecule has 0 aliphatic carbocycles. The summed E-state index contributed by atoms with van der Waals surface area (Å²) >= 11 is 1.65. The standard InChI is InChI=1S/C13H19NO4S2/c1-9(8-19-3)7-14-20(17,18)12-6-11(13(15)16)5-4-10(12)2/h4-6,9,14H,7-8H2,1-3H3,(H,15,16). The minimum Gasteiger partial charge on any atom is -0.478 e. The Hall–Kier alpha value is -1.05. The van der Waals surface area contributed by atoms with Gasteiger partial charge in [-0.2, -0.15) is 11.8 Å². The highest BCUT2D eigenvalue weighted by atomic mass is 32.2. The van der Waals surface area contributed by atoms with Crippen molar-refractivity contribution >= 4 is 27.8 Å². The molecule has 0 aromatic heterocycles. The van der Waals surface area contributed by atoms with Crippen LogP contribution in [-0.2, 0) is 10.0 Å². The van der Waals surface area contributed by atoms with Crippen LogP contribution in [0.4, 0.5) is 0 Å². The zero-order chi connectivity index (χ0) is 15.3. The summed E-state index contributed by atoms with van der Waals surface area (Å²) in [5.41, 5.74) is 0.494. The van der Waals surface area contributed by atoms with Gasteiger partial charge in [0.1, 0.15) is 0 Å². The molecule has 0 spiro atoms. The quantitative estimate of drug-likeness (QED) is 0.803. The van der Waals surface area contributed by atoms with Crippen molar-refractivity contribution in [2.24, 2.45) is 5.92 Å². The van der Waals surface area contributed by atoms with Crippen LogP contribution >= 0.6 is 11.8 Å². The predicted octanol–water partition coefficient (Wildman–Crippen LogP) is 1.97. The monoisotopic (exact) mass is 317 g/mol. The molecule has 7 heteroatoms. The lowest BCUT2D eigenvalue weighted by Crippen LogP contribution is -2.30. The fourth-order valence-corrected chi connectivity index (χ4v) is 3.82. The normalized spacial score (nSPS) is 13.2. The van der Waals surface area contributed by atoms with Crippen LogP contribution in [0.15, 0.2) is 23.1 Å². The molecule has 1 rings (SSSR count). The van der Waals surface area contributed by atoms with Gasteiger partial charge in [0.25, 0.3) is 0 Å². The lowest BCUT2D eigenvalue weighted by atomic mass is 10.1. The van der Waals surface area contributed by atoms with E-state index in [4.69, 9.17) is 5.11 Å². The van der Waals surface area contributed by atoms with Crippen molar-refractivity contribution in [1.82, 2.24) is 4.72 Å². The van der Waals surface area contributed by atoms with Gasteiger partial charge in [-0.15, -0.1) is 0 Å². The van der Waals surface area contributed by atoms with Crippen LogP contribution < -0.4 is 4.72 Å². The van der Waals surface area contributed by atoms with Crippen molar-refractivity contribution in [2.45, 2.75) is 18.7 Å². The second-order valence-corrected chi connectivity index (χ2v) is 7.34. The number of rotatable bonds is 7. The van der Waals surface area contributed by atoms with Crippen molar-refractivity contribution in [3.05, 3.63) is 29.3 Å². The summed E-state index contributed by atoms with van der Waals surface area (Å²) in [6.07, 6.45) is 1.96. The van der Waals surface area contributed by atoms with Crippen LogP contribution in [0, 0.1) is 12.8 Å². The van der Waals surface area contributed by atoms with Gasteiger partial charge in [0.05, 0.1) is 10.5 Å². The summed E-state index contributed by atoms with van der Waals surface area (Å²) in [6.45, 7) is 3.94. The highest BCUT2D eigenvalue weighted by Crippen LogP contribution is 2.17. The third-order valence-electron chi connectivity index (χ3n) is 2.80. The molecule has 0 heterocycles. The van der Waals surface area contributed by atoms with Crippen LogP contribution in [0.1, 0.15) is 22.8 Å². The second-order valence-electron chi connectivity index (χ2n) is 4.70. The molecule has 0 aliphatic rings. The molecule has 0 fully saturated rings. The van der Waals surface area contributed by atoms with Gasteiger partial charge < -0.3 is 5.11 Å². The Morgan fingerprint density at radius 2 is 2.10 bits per heavy atom. The molecule has 0 aliphatic heterocycles. The molecule has 112 valence electrons. The van der Waals surface area contributed by atoms with Gasteiger partial charge in [0.15, 0.2) is 0 Å². The second kappa shape index (κ2) is 7.10. The van der Waals surface area contributed by atoms with Crippen LogP contribution in [-0.4, -0.2) is 38.0 Å². The maximum absolute atomic E-state index is 12.2. The average molecular weight is 317 g/mol. The number of thioether (sulfide) groups is 1. The van der Waals surface area contributed by atoms with Crippen molar-refractivity contribution in [2.75, 3.05) is 18.6 Å². The Kier molecular flexibility index (Phi) is 6.04. The topological polar surface area (TPSA) is 83.5 Å². The molecular formula is C13H19NO4S2. The Labute approximate surface area is 123 Å². The smallest absolute Gasteiger partial charge is 0.335 e. The first kappa shape index (κ1) is 17.0. The number of carbonyl (C=O) groups is 1. The number of aromatic carboxylic acids is 1. The van der Waals surface area contributed by atoms with Gasteiger partial charge in [0.2, 0.25) is 10.0 Å². The summed E-state index contributed by atoms with van der Waals surface area (Å²) in [5.74, 6) is -0.0728. The van der Waals surface area contributed by atoms with Crippen molar-refractivity contribution in [1.29, 1.82) is 0 Å². The molecular weight excluding hydrogens is 298 g/mol. The van der Waals surface area contributed by atoms with Gasteiger partial charge in [0, 0.05) is 6.54 Å². The molecule has 1 atom stereocenters. The van der Waals surface area contributed by atoms with E-state index in [1.807, 2.05) is 13.2 Å². The maximum Gasteiger partial charge on any atom is 0.335 e. The number of carboxylic acids is 1. The molecule has 2 N–H and O–H groups in total. The first-order valence-electron chi connectivity index (χ1n) is 6.10. The molecule has 0 amide bonds. The maximum atomic E-state index is 12.2. The van der Waals surface area contributed by atoms with E-state index in [0.717, 1.165) is 5.75 Å². The fourth-order valence-electron chi connectivity index (χ4n) is 1.70. The Morgan fingerprint density at radius 3 is 2.65 bits per heavy atom. The SMILES string of the molecule is CSCC(C)CNS(=O)(=O)c1cc(C(=O)O)ccc1C. The molecule has 20 heavy (non-hydrogen) atoms. The van der Waals surface area contributed by atoms with Crippen LogP contribution in [0.2, 0.25) is 0 Å². The fraction of sp³-hybridized carbons (Fsp3) is 0.462. The zero-order valence-electron chi connectivity index (χ0n) is 11.7. The number of hydrogen-bond acceptors (Lipinski definition) is 4. The first-order valence-corrected chi connectivity index (χ1v) is 8.98. The van der Waals surface area contributed by atoms with Crippen LogP contribution in [0.5, 0.6) is 0 Å². The van der Waals surface area contributed by atoms with Gasteiger partial charge in [-0.25, -0.2) is 17.9 Å². The van der Waals surface area contributed by atoms with Gasteiger partial charge >= 0.3 is 5.97 Å². The minimum absolute atomic E-state index is 0.0220. The highest BCUT2D eigenvalue weighted by molar-refractivity contribution is 7.98. The molecule has 5 nitrogen and oxygen atoms in total. The van der Waals surface area contributed by atoms with Crippen LogP contribution in [0.25, 0.3) is 0 Å². The van der Waals surface area contributed by atoms with Crippen molar-refractivity contribution < 1.29 is 18.3 Å². The molecule has 1 unspecified atom stereocenters. The molecule has 1 aromatic carbocycles. The first-order chi connectivity index (χ1) is 9.27. The van der Waals surface area contributed by atoms with Gasteiger partial charge in [-0.1, -0.05) is 13.0 Å². The Morgan fingerprint density at radius 1 is 1.45 bits per heavy atom. The lowest BCUT2D eigenvalue weighted by molar-refractivity contribution is 0.0696. The van der Waals surface area contributed by atoms with E-state index in [-0.39, 0.29) is 16.4 Å². The zero-order valence-corrected chi connectivity index (χ0v) is 13.3. The van der Waals surface area contributed by atoms with E-state index in [2.05, 4.69) is 4.72 Å². The van der Waals surface area contributed by atoms with E-state index >= 15 is 0 Å². The largest absolute Gasteiger partial charge is 0.478 e. The van der Waals surface area contributed by atoms with Gasteiger partial charge in [-0.05, 0) is 42.5 Å². The number of nitrogens with one attached hydrogen (secondary N) is 1. The molecule has 0 radical (unpaired) electrons. The van der Waals surface area contributed by atoms with E-state index in [1.165, 1.54) is 18.2 Å². The summed E-state index contributed by atoms with van der Waals surface area (Å²) < 4.78 is 27.0. The number of aryl methyl sites for hydroxylation is 1. The Balaban J connectivity index is 2.97. The third kappa shape index (κ3) is 4.50. The average Bonchev–Trinajstić information content (AvgIpc) is 2.37. The predicted molar refractivity (Wildman–Crippen MR) is 80.9 cm³/mol. The van der Waals surface area contributed by atoms with Crippen molar-refractivity contribution in [3.8, 4) is 0 Å². The minimum atomic E-state index is -3.68. The molecule has 1 aromatic rings. The van der Waals surface area contributed by atoms with E-state index < -0.39 is 16.0 Å². The van der Waals surface area contributed by atoms with Gasteiger partial charge in [-0.3, -0.25) is 0 Å². The summed E-state index contributed by atoms with van der Waals surface area (Å²) in [5, 5.41) is 8.94. The molecule has 0 saturated heterocycles. The van der Waals surface area contributed by atoms with Crippen LogP contribution in [0.3, 0.4) is 0 Å². The summed E-state index contributed by atoms with van der Waals surface area (Å²) in [7, 11) is -3.68. The van der Waals surface area contributed by atoms with E-state index in [9.17, 15) is 13.2 Å². The summed E-state index contributed by atoms with van der Waals surface area (Å²) in [6, 6.07) is 4.09. The highest BCUT2D eigenvalue weighted by Gasteiger charge is 2.19. The number of benzene rings is 1. The Bertz CT molecular complexity index is 584. The molecule has 0 bridgehead atoms. The van der Waals surface area contributed by atoms with E-state index in [1.54, 1.807) is 18.7 Å². The number of carboxylic acid groups (broad SMARTS) is 1. The number of hydrogen-bond donors (Lipinski definition) is 2. The van der Waals surface area contributed by atoms with Crippen molar-refractivity contribution in [3.63, 3.8) is 0 Å². The number of sulfonamides is 1. The molecule has 0 saturated carbocycles. The lowest BCUT2D eigenvalue weighted by Gasteiger charge is -2.13.